The lowest BCUT2D eigenvalue weighted by molar-refractivity contribution is -0.141. The predicted molar refractivity (Wildman–Crippen MR) is 66.8 cm³/mol. The zero-order valence-electron chi connectivity index (χ0n) is 10.7. The first-order chi connectivity index (χ1) is 8.47. The summed E-state index contributed by atoms with van der Waals surface area (Å²) in [7, 11) is 1.47. The van der Waals surface area contributed by atoms with E-state index in [-0.39, 0.29) is 5.91 Å². The summed E-state index contributed by atoms with van der Waals surface area (Å²) in [5.74, 6) is -0.673. The number of carboxylic acid groups (broad SMARTS) is 1. The van der Waals surface area contributed by atoms with Gasteiger partial charge in [0.25, 0.3) is 5.91 Å². The van der Waals surface area contributed by atoms with Crippen molar-refractivity contribution < 1.29 is 19.4 Å². The van der Waals surface area contributed by atoms with Gasteiger partial charge in [-0.15, -0.1) is 0 Å². The third-order valence-corrected chi connectivity index (χ3v) is 2.67. The van der Waals surface area contributed by atoms with Crippen molar-refractivity contribution in [2.45, 2.75) is 19.9 Å². The van der Waals surface area contributed by atoms with Gasteiger partial charge in [0.2, 0.25) is 0 Å². The van der Waals surface area contributed by atoms with Crippen LogP contribution in [0, 0.1) is 0 Å². The molecule has 0 fully saturated rings. The van der Waals surface area contributed by atoms with Gasteiger partial charge in [-0.3, -0.25) is 4.79 Å². The molecule has 5 heteroatoms. The number of carbonyl (C=O) groups is 2. The molecular formula is C13H17NO4. The SMILES string of the molecule is CCOc1ccc(C(=O)N(C)C(C)C(=O)O)cc1. The number of amides is 1. The van der Waals surface area contributed by atoms with Crippen LogP contribution in [0.2, 0.25) is 0 Å². The Kier molecular flexibility index (Phi) is 4.71. The van der Waals surface area contributed by atoms with Crippen molar-refractivity contribution in [3.8, 4) is 5.75 Å². The molecule has 1 atom stereocenters. The highest BCUT2D eigenvalue weighted by molar-refractivity contribution is 5.96. The molecule has 18 heavy (non-hydrogen) atoms. The summed E-state index contributed by atoms with van der Waals surface area (Å²) in [6.07, 6.45) is 0. The summed E-state index contributed by atoms with van der Waals surface area (Å²) < 4.78 is 5.27. The molecule has 1 unspecified atom stereocenters. The zero-order valence-corrected chi connectivity index (χ0v) is 10.7. The van der Waals surface area contributed by atoms with Crippen molar-refractivity contribution in [3.63, 3.8) is 0 Å². The molecule has 0 heterocycles. The van der Waals surface area contributed by atoms with Crippen molar-refractivity contribution >= 4 is 11.9 Å². The van der Waals surface area contributed by atoms with Crippen molar-refractivity contribution in [1.82, 2.24) is 4.90 Å². The van der Waals surface area contributed by atoms with Crippen LogP contribution in [0.4, 0.5) is 0 Å². The molecule has 1 amide bonds. The largest absolute Gasteiger partial charge is 0.494 e. The zero-order chi connectivity index (χ0) is 13.7. The molecule has 1 aromatic rings. The summed E-state index contributed by atoms with van der Waals surface area (Å²) >= 11 is 0. The molecule has 5 nitrogen and oxygen atoms in total. The van der Waals surface area contributed by atoms with Crippen LogP contribution < -0.4 is 4.74 Å². The Morgan fingerprint density at radius 1 is 1.33 bits per heavy atom. The number of aliphatic carboxylic acids is 1. The third-order valence-electron chi connectivity index (χ3n) is 2.67. The quantitative estimate of drug-likeness (QED) is 0.863. The summed E-state index contributed by atoms with van der Waals surface area (Å²) in [6.45, 7) is 3.90. The fourth-order valence-electron chi connectivity index (χ4n) is 1.41. The average Bonchev–Trinajstić information content (AvgIpc) is 2.37. The molecule has 1 rings (SSSR count). The number of nitrogens with zero attached hydrogens (tertiary/aromatic N) is 1. The third kappa shape index (κ3) is 3.23. The smallest absolute Gasteiger partial charge is 0.326 e. The maximum absolute atomic E-state index is 12.0. The van der Waals surface area contributed by atoms with E-state index >= 15 is 0 Å². The van der Waals surface area contributed by atoms with Gasteiger partial charge in [0.1, 0.15) is 11.8 Å². The van der Waals surface area contributed by atoms with Crippen LogP contribution in [0.25, 0.3) is 0 Å². The highest BCUT2D eigenvalue weighted by Gasteiger charge is 2.22. The summed E-state index contributed by atoms with van der Waals surface area (Å²) in [6, 6.07) is 5.77. The van der Waals surface area contributed by atoms with Gasteiger partial charge in [0.05, 0.1) is 6.61 Å². The van der Waals surface area contributed by atoms with Gasteiger partial charge in [-0.1, -0.05) is 0 Å². The molecule has 0 aromatic heterocycles. The molecule has 0 saturated heterocycles. The van der Waals surface area contributed by atoms with Crippen LogP contribution in [0.3, 0.4) is 0 Å². The standard InChI is InChI=1S/C13H17NO4/c1-4-18-11-7-5-10(6-8-11)12(15)14(3)9(2)13(16)17/h5-9H,4H2,1-3H3,(H,16,17). The van der Waals surface area contributed by atoms with Crippen LogP contribution in [-0.4, -0.2) is 41.6 Å². The summed E-state index contributed by atoms with van der Waals surface area (Å²) in [5.41, 5.74) is 0.439. The van der Waals surface area contributed by atoms with E-state index in [9.17, 15) is 9.59 Å². The Balaban J connectivity index is 2.80. The maximum atomic E-state index is 12.0. The molecule has 0 bridgehead atoms. The lowest BCUT2D eigenvalue weighted by atomic mass is 10.1. The van der Waals surface area contributed by atoms with Crippen molar-refractivity contribution in [2.75, 3.05) is 13.7 Å². The first-order valence-corrected chi connectivity index (χ1v) is 5.70. The monoisotopic (exact) mass is 251 g/mol. The molecule has 0 aliphatic heterocycles. The van der Waals surface area contributed by atoms with E-state index in [1.807, 2.05) is 6.92 Å². The van der Waals surface area contributed by atoms with E-state index < -0.39 is 12.0 Å². The number of ether oxygens (including phenoxy) is 1. The van der Waals surface area contributed by atoms with E-state index in [4.69, 9.17) is 9.84 Å². The van der Waals surface area contributed by atoms with Crippen LogP contribution in [0.5, 0.6) is 5.75 Å². The molecule has 98 valence electrons. The molecular weight excluding hydrogens is 234 g/mol. The maximum Gasteiger partial charge on any atom is 0.326 e. The van der Waals surface area contributed by atoms with E-state index in [0.29, 0.717) is 17.9 Å². The van der Waals surface area contributed by atoms with Crippen LogP contribution in [0.1, 0.15) is 24.2 Å². The number of benzene rings is 1. The normalized spacial score (nSPS) is 11.7. The number of hydrogen-bond acceptors (Lipinski definition) is 3. The topological polar surface area (TPSA) is 66.8 Å². The van der Waals surface area contributed by atoms with Gasteiger partial charge >= 0.3 is 5.97 Å². The van der Waals surface area contributed by atoms with E-state index in [2.05, 4.69) is 0 Å². The Labute approximate surface area is 106 Å². The minimum absolute atomic E-state index is 0.326. The first-order valence-electron chi connectivity index (χ1n) is 5.70. The molecule has 0 aliphatic rings. The minimum Gasteiger partial charge on any atom is -0.494 e. The highest BCUT2D eigenvalue weighted by atomic mass is 16.5. The van der Waals surface area contributed by atoms with Gasteiger partial charge in [0.15, 0.2) is 0 Å². The number of carboxylic acids is 1. The minimum atomic E-state index is -1.03. The Hall–Kier alpha value is -2.04. The van der Waals surface area contributed by atoms with Gasteiger partial charge in [-0.05, 0) is 38.1 Å². The van der Waals surface area contributed by atoms with Crippen LogP contribution >= 0.6 is 0 Å². The van der Waals surface area contributed by atoms with E-state index in [1.165, 1.54) is 18.9 Å². The average molecular weight is 251 g/mol. The second kappa shape index (κ2) is 6.05. The van der Waals surface area contributed by atoms with E-state index in [1.54, 1.807) is 24.3 Å². The van der Waals surface area contributed by atoms with Gasteiger partial charge in [-0.2, -0.15) is 0 Å². The second-order valence-corrected chi connectivity index (χ2v) is 3.89. The summed E-state index contributed by atoms with van der Waals surface area (Å²) in [5, 5.41) is 8.85. The Morgan fingerprint density at radius 3 is 2.33 bits per heavy atom. The molecule has 0 spiro atoms. The van der Waals surface area contributed by atoms with Crippen molar-refractivity contribution in [2.24, 2.45) is 0 Å². The molecule has 0 aliphatic carbocycles. The lowest BCUT2D eigenvalue weighted by Crippen LogP contribution is -2.40. The molecule has 0 radical (unpaired) electrons. The Morgan fingerprint density at radius 2 is 1.89 bits per heavy atom. The number of hydrogen-bond donors (Lipinski definition) is 1. The first kappa shape index (κ1) is 14.0. The highest BCUT2D eigenvalue weighted by Crippen LogP contribution is 2.14. The van der Waals surface area contributed by atoms with E-state index in [0.717, 1.165) is 0 Å². The fraction of sp³-hybridized carbons (Fsp3) is 0.385. The van der Waals surface area contributed by atoms with Gasteiger partial charge in [0, 0.05) is 12.6 Å². The number of carbonyl (C=O) groups excluding carboxylic acids is 1. The van der Waals surface area contributed by atoms with Gasteiger partial charge < -0.3 is 14.7 Å². The molecule has 0 saturated carbocycles. The van der Waals surface area contributed by atoms with Crippen LogP contribution in [-0.2, 0) is 4.79 Å². The van der Waals surface area contributed by atoms with Gasteiger partial charge in [-0.25, -0.2) is 4.79 Å². The number of rotatable bonds is 5. The summed E-state index contributed by atoms with van der Waals surface area (Å²) in [4.78, 5) is 24.0. The van der Waals surface area contributed by atoms with Crippen molar-refractivity contribution in [1.29, 1.82) is 0 Å². The van der Waals surface area contributed by atoms with Crippen molar-refractivity contribution in [3.05, 3.63) is 29.8 Å². The lowest BCUT2D eigenvalue weighted by Gasteiger charge is -2.21. The fourth-order valence-corrected chi connectivity index (χ4v) is 1.41. The van der Waals surface area contributed by atoms with Crippen LogP contribution in [0.15, 0.2) is 24.3 Å². The predicted octanol–water partition coefficient (Wildman–Crippen LogP) is 1.63. The second-order valence-electron chi connectivity index (χ2n) is 3.89. The Bertz CT molecular complexity index is 427. The molecule has 1 N–H and O–H groups in total. The molecule has 1 aromatic carbocycles. The number of likely N-dealkylation sites (N-methyl/N-ethyl adjacent to an activating group) is 1.